The van der Waals surface area contributed by atoms with E-state index in [1.807, 2.05) is 0 Å². The first-order valence-corrected chi connectivity index (χ1v) is 5.75. The molecule has 5 heavy (non-hydrogen) atoms. The molecule has 0 unspecified atom stereocenters. The van der Waals surface area contributed by atoms with Crippen LogP contribution >= 0.6 is 60.7 Å². The summed E-state index contributed by atoms with van der Waals surface area (Å²) in [6.45, 7) is 0. The van der Waals surface area contributed by atoms with Crippen molar-refractivity contribution in [3.05, 3.63) is 0 Å². The maximum Gasteiger partial charge on any atom is 0.0425 e. The fourth-order valence-corrected chi connectivity index (χ4v) is 0. The van der Waals surface area contributed by atoms with Crippen LogP contribution in [0.15, 0.2) is 0 Å². The van der Waals surface area contributed by atoms with Gasteiger partial charge in [-0.25, -0.2) is 0 Å². The molecule has 29 valence electrons. The molecule has 5 heteroatoms. The molecule has 0 aromatic carbocycles. The molecule has 0 rings (SSSR count). The molecule has 0 saturated carbocycles. The zero-order chi connectivity index (χ0) is 4.00. The average molecular weight is 348 g/mol. The van der Waals surface area contributed by atoms with Gasteiger partial charge in [-0.05, 0) is 17.8 Å². The van der Waals surface area contributed by atoms with E-state index < -0.39 is 0 Å². The molecule has 0 saturated heterocycles. The smallest absolute Gasteiger partial charge is 0.0425 e. The Morgan fingerprint density at radius 3 is 0.800 bits per heavy atom. The maximum atomic E-state index is 4.61. The van der Waals surface area contributed by atoms with Crippen molar-refractivity contribution in [3.63, 3.8) is 0 Å². The molecule has 0 N–H and O–H groups in total. The van der Waals surface area contributed by atoms with Gasteiger partial charge in [0.2, 0.25) is 0 Å². The molecule has 0 bridgehead atoms. The molecule has 0 aromatic heterocycles. The zero-order valence-electron chi connectivity index (χ0n) is 2.51. The summed E-state index contributed by atoms with van der Waals surface area (Å²) < 4.78 is 0. The first kappa shape index (κ1) is 15.7. The largest absolute Gasteiger partial charge is 0.0425 e. The second-order valence-electron chi connectivity index (χ2n) is 0. The molecule has 0 heterocycles. The summed E-state index contributed by atoms with van der Waals surface area (Å²) in [5.41, 5.74) is 0. The Balaban J connectivity index is -0.0000000133. The van der Waals surface area contributed by atoms with Gasteiger partial charge in [-0.1, -0.05) is 0 Å². The second kappa shape index (κ2) is 27.8. The molecule has 0 amide bonds. The van der Waals surface area contributed by atoms with Crippen LogP contribution in [0.3, 0.4) is 0 Å². The van der Waals surface area contributed by atoms with Crippen molar-refractivity contribution in [2.75, 3.05) is 0 Å². The summed E-state index contributed by atoms with van der Waals surface area (Å²) in [6.07, 6.45) is 0. The summed E-state index contributed by atoms with van der Waals surface area (Å²) in [4.78, 5) is 0. The van der Waals surface area contributed by atoms with E-state index in [4.69, 9.17) is 0 Å². The topological polar surface area (TPSA) is 0 Å². The first-order chi connectivity index (χ1) is 2.00. The third-order valence-electron chi connectivity index (χ3n) is 0. The average Bonchev–Trinajstić information content (AvgIpc) is 1.50. The van der Waals surface area contributed by atoms with Gasteiger partial charge in [0.15, 0.2) is 0 Å². The molecule has 0 nitrogen and oxygen atoms in total. The van der Waals surface area contributed by atoms with Crippen LogP contribution in [-0.4, -0.2) is 29.6 Å². The first-order valence-electron chi connectivity index (χ1n) is 0.286. The van der Waals surface area contributed by atoms with Crippen LogP contribution in [0.2, 0.25) is 0 Å². The Morgan fingerprint density at radius 2 is 0.800 bits per heavy atom. The van der Waals surface area contributed by atoms with Crippen LogP contribution < -0.4 is 0 Å². The van der Waals surface area contributed by atoms with Crippen molar-refractivity contribution in [2.45, 2.75) is 0 Å². The van der Waals surface area contributed by atoms with E-state index in [-0.39, 0.29) is 29.6 Å². The van der Waals surface area contributed by atoms with Crippen LogP contribution in [0.4, 0.5) is 0 Å². The van der Waals surface area contributed by atoms with Gasteiger partial charge in [0.1, 0.15) is 0 Å². The Bertz CT molecular complexity index is 7.61. The molecule has 0 fully saturated rings. The fraction of sp³-hybridized carbons (Fsp3) is 0. The van der Waals surface area contributed by atoms with Crippen molar-refractivity contribution in [3.8, 4) is 0 Å². The van der Waals surface area contributed by atoms with Crippen molar-refractivity contribution in [1.82, 2.24) is 0 Å². The van der Waals surface area contributed by atoms with Crippen molar-refractivity contribution >= 4 is 90.3 Å². The molecule has 0 aromatic rings. The SMILES string of the molecule is ClI.ClI.[Na]. The number of hydrogen-bond acceptors (Lipinski definition) is 0. The Kier molecular flexibility index (Phi) is 87.2. The van der Waals surface area contributed by atoms with E-state index >= 15 is 0 Å². The fourth-order valence-electron chi connectivity index (χ4n) is 0. The third-order valence-corrected chi connectivity index (χ3v) is 0. The van der Waals surface area contributed by atoms with E-state index in [1.165, 1.54) is 0 Å². The van der Waals surface area contributed by atoms with E-state index in [2.05, 4.69) is 17.8 Å². The third kappa shape index (κ3) is 19.4. The van der Waals surface area contributed by atoms with Crippen LogP contribution in [0.25, 0.3) is 0 Å². The predicted molar refractivity (Wildman–Crippen MR) is 45.5 cm³/mol. The van der Waals surface area contributed by atoms with Crippen molar-refractivity contribution < 1.29 is 0 Å². The van der Waals surface area contributed by atoms with E-state index in [9.17, 15) is 0 Å². The Hall–Kier alpha value is 3.04. The summed E-state index contributed by atoms with van der Waals surface area (Å²) >= 11 is 3.24. The molecular formula is Cl2I2Na. The van der Waals surface area contributed by atoms with Gasteiger partial charge in [-0.3, -0.25) is 0 Å². The van der Waals surface area contributed by atoms with Gasteiger partial charge < -0.3 is 0 Å². The van der Waals surface area contributed by atoms with E-state index in [1.54, 1.807) is 42.9 Å². The van der Waals surface area contributed by atoms with Gasteiger partial charge in [0, 0.05) is 72.5 Å². The molecule has 0 atom stereocenters. The molecular weight excluding hydrogens is 348 g/mol. The van der Waals surface area contributed by atoms with Gasteiger partial charge >= 0.3 is 0 Å². The summed E-state index contributed by atoms with van der Waals surface area (Å²) in [5, 5.41) is 0. The summed E-state index contributed by atoms with van der Waals surface area (Å²) in [5.74, 6) is 0. The van der Waals surface area contributed by atoms with Gasteiger partial charge in [-0.15, -0.1) is 0 Å². The quantitative estimate of drug-likeness (QED) is 0.467. The Labute approximate surface area is 88.4 Å². The number of halogens is 4. The monoisotopic (exact) mass is 347 g/mol. The zero-order valence-corrected chi connectivity index (χ0v) is 10.3. The predicted octanol–water partition coefficient (Wildman–Crippen LogP) is 2.77. The van der Waals surface area contributed by atoms with Gasteiger partial charge in [0.05, 0.1) is 0 Å². The second-order valence-corrected chi connectivity index (χ2v) is 0. The molecule has 0 aliphatic rings. The number of hydrogen-bond donors (Lipinski definition) is 0. The van der Waals surface area contributed by atoms with Gasteiger partial charge in [0.25, 0.3) is 0 Å². The number of rotatable bonds is 0. The Morgan fingerprint density at radius 1 is 0.800 bits per heavy atom. The van der Waals surface area contributed by atoms with Crippen molar-refractivity contribution in [1.29, 1.82) is 0 Å². The van der Waals surface area contributed by atoms with E-state index in [0.29, 0.717) is 0 Å². The van der Waals surface area contributed by atoms with Crippen LogP contribution in [0, 0.1) is 0 Å². The maximum absolute atomic E-state index is 4.61. The minimum Gasteiger partial charge on any atom is -0.0425 e. The molecule has 0 aliphatic carbocycles. The summed E-state index contributed by atoms with van der Waals surface area (Å²) in [6, 6.07) is 0. The minimum absolute atomic E-state index is 0. The molecule has 0 aliphatic heterocycles. The van der Waals surface area contributed by atoms with Crippen LogP contribution in [0.1, 0.15) is 0 Å². The normalized spacial score (nSPS) is 2.40. The molecule has 1 radical (unpaired) electrons. The standard InChI is InChI=1S/2ClI.Na/c2*1-2;. The molecule has 0 spiro atoms. The van der Waals surface area contributed by atoms with Gasteiger partial charge in [-0.2, -0.15) is 0 Å². The summed E-state index contributed by atoms with van der Waals surface area (Å²) in [7, 11) is 9.22. The van der Waals surface area contributed by atoms with Crippen molar-refractivity contribution in [2.24, 2.45) is 0 Å². The van der Waals surface area contributed by atoms with E-state index in [0.717, 1.165) is 0 Å². The van der Waals surface area contributed by atoms with Crippen LogP contribution in [0.5, 0.6) is 0 Å². The van der Waals surface area contributed by atoms with Crippen LogP contribution in [-0.2, 0) is 0 Å². The minimum atomic E-state index is 0.